The number of hydrogen-bond donors (Lipinski definition) is 2. The first-order valence-electron chi connectivity index (χ1n) is 10.9. The molecule has 182 valence electrons. The first kappa shape index (κ1) is 28.0. The molecular weight excluding hydrogens is 416 g/mol. The first-order chi connectivity index (χ1) is 14.8. The van der Waals surface area contributed by atoms with Crippen LogP contribution in [0.2, 0.25) is 0 Å². The van der Waals surface area contributed by atoms with E-state index in [1.54, 1.807) is 0 Å². The molecule has 6 nitrogen and oxygen atoms in total. The van der Waals surface area contributed by atoms with Gasteiger partial charge < -0.3 is 20.1 Å². The Morgan fingerprint density at radius 2 is 1.00 bits per heavy atom. The molecule has 2 aromatic rings. The van der Waals surface area contributed by atoms with Crippen molar-refractivity contribution < 1.29 is 19.1 Å². The zero-order chi connectivity index (χ0) is 24.1. The highest BCUT2D eigenvalue weighted by Crippen LogP contribution is 2.23. The summed E-state index contributed by atoms with van der Waals surface area (Å²) in [5.41, 5.74) is 5.51. The quantitative estimate of drug-likeness (QED) is 0.488. The van der Waals surface area contributed by atoms with Gasteiger partial charge in [0.2, 0.25) is 0 Å². The molecule has 0 radical (unpaired) electrons. The van der Waals surface area contributed by atoms with Gasteiger partial charge in [0.1, 0.15) is 13.2 Å². The summed E-state index contributed by atoms with van der Waals surface area (Å²) in [4.78, 5) is 24.4. The van der Waals surface area contributed by atoms with Gasteiger partial charge in [-0.1, -0.05) is 43.8 Å². The monoisotopic (exact) mass is 456 g/mol. The van der Waals surface area contributed by atoms with Gasteiger partial charge in [0.25, 0.3) is 0 Å². The fraction of sp³-hybridized carbons (Fsp3) is 0.481. The van der Waals surface area contributed by atoms with Crippen LogP contribution < -0.4 is 10.6 Å². The number of rotatable bonds is 7. The molecular formula is C27H40N2O4. The summed E-state index contributed by atoms with van der Waals surface area (Å²) < 4.78 is 10.4. The minimum Gasteiger partial charge on any atom is -0.446 e. The van der Waals surface area contributed by atoms with Gasteiger partial charge in [-0.2, -0.15) is 0 Å². The average molecular weight is 457 g/mol. The summed E-state index contributed by atoms with van der Waals surface area (Å²) in [6, 6.07) is 12.2. The largest absolute Gasteiger partial charge is 0.446 e. The van der Waals surface area contributed by atoms with Crippen LogP contribution in [0.5, 0.6) is 0 Å². The lowest BCUT2D eigenvalue weighted by molar-refractivity contribution is 0.0874. The van der Waals surface area contributed by atoms with Crippen molar-refractivity contribution in [2.24, 2.45) is 0 Å². The summed E-state index contributed by atoms with van der Waals surface area (Å²) in [6.07, 6.45) is -1.12. The number of aryl methyl sites for hydroxylation is 4. The zero-order valence-electron chi connectivity index (χ0n) is 20.5. The number of nitrogens with one attached hydrogen (secondary N) is 2. The second-order valence-electron chi connectivity index (χ2n) is 9.37. The zero-order valence-corrected chi connectivity index (χ0v) is 20.5. The van der Waals surface area contributed by atoms with Gasteiger partial charge in [0.05, 0.1) is 11.1 Å². The molecule has 6 heteroatoms. The van der Waals surface area contributed by atoms with Crippen molar-refractivity contribution >= 4 is 12.2 Å². The Bertz CT molecular complexity index is 901. The molecule has 0 saturated heterocycles. The van der Waals surface area contributed by atoms with E-state index in [1.165, 1.54) is 11.1 Å². The van der Waals surface area contributed by atoms with E-state index in [-0.39, 0.29) is 20.6 Å². The fourth-order valence-corrected chi connectivity index (χ4v) is 3.26. The second kappa shape index (κ2) is 11.2. The molecule has 2 N–H and O–H groups in total. The molecule has 0 atom stereocenters. The van der Waals surface area contributed by atoms with Crippen LogP contribution in [0.15, 0.2) is 36.4 Å². The number of ether oxygens (including phenoxy) is 2. The van der Waals surface area contributed by atoms with Crippen molar-refractivity contribution in [3.8, 4) is 0 Å². The normalized spacial score (nSPS) is 11.3. The van der Waals surface area contributed by atoms with E-state index in [2.05, 4.69) is 22.8 Å². The van der Waals surface area contributed by atoms with Crippen LogP contribution in [0.25, 0.3) is 0 Å². The molecule has 2 amide bonds. The van der Waals surface area contributed by atoms with Crippen LogP contribution in [0, 0.1) is 27.7 Å². The Balaban J connectivity index is 0.00000544. The van der Waals surface area contributed by atoms with E-state index < -0.39 is 23.3 Å². The van der Waals surface area contributed by atoms with Gasteiger partial charge in [-0.25, -0.2) is 9.59 Å². The van der Waals surface area contributed by atoms with Crippen molar-refractivity contribution in [3.63, 3.8) is 0 Å². The number of benzene rings is 2. The summed E-state index contributed by atoms with van der Waals surface area (Å²) in [7, 11) is 0. The molecule has 33 heavy (non-hydrogen) atoms. The number of hydrogen-bond acceptors (Lipinski definition) is 4. The van der Waals surface area contributed by atoms with Crippen LogP contribution in [0.1, 0.15) is 68.5 Å². The van der Waals surface area contributed by atoms with E-state index in [0.29, 0.717) is 0 Å². The number of carbonyl (C=O) groups excluding carboxylic acids is 2. The maximum Gasteiger partial charge on any atom is 0.407 e. The summed E-state index contributed by atoms with van der Waals surface area (Å²) in [6.45, 7) is 15.8. The fourth-order valence-electron chi connectivity index (χ4n) is 3.26. The van der Waals surface area contributed by atoms with Gasteiger partial charge in [-0.05, 0) is 88.8 Å². The minimum absolute atomic E-state index is 0. The van der Waals surface area contributed by atoms with E-state index >= 15 is 0 Å². The molecule has 0 saturated carbocycles. The van der Waals surface area contributed by atoms with Crippen LogP contribution in [0.4, 0.5) is 9.59 Å². The maximum absolute atomic E-state index is 12.2. The Hall–Kier alpha value is -3.02. The van der Waals surface area contributed by atoms with E-state index in [4.69, 9.17) is 9.47 Å². The van der Waals surface area contributed by atoms with Gasteiger partial charge in [0.15, 0.2) is 0 Å². The van der Waals surface area contributed by atoms with Gasteiger partial charge >= 0.3 is 12.2 Å². The molecule has 0 fully saturated rings. The topological polar surface area (TPSA) is 76.7 Å². The van der Waals surface area contributed by atoms with E-state index in [9.17, 15) is 9.59 Å². The van der Waals surface area contributed by atoms with Gasteiger partial charge in [-0.3, -0.25) is 0 Å². The van der Waals surface area contributed by atoms with E-state index in [0.717, 1.165) is 22.3 Å². The molecule has 0 aliphatic carbocycles. The molecule has 0 spiro atoms. The summed E-state index contributed by atoms with van der Waals surface area (Å²) in [5.74, 6) is 0. The van der Waals surface area contributed by atoms with Crippen LogP contribution >= 0.6 is 0 Å². The highest BCUT2D eigenvalue weighted by molar-refractivity contribution is 5.69. The van der Waals surface area contributed by atoms with E-state index in [1.807, 2.05) is 79.7 Å². The second-order valence-corrected chi connectivity index (χ2v) is 9.37. The Labute approximate surface area is 199 Å². The first-order valence-corrected chi connectivity index (χ1v) is 10.9. The molecule has 2 rings (SSSR count). The third-order valence-corrected chi connectivity index (χ3v) is 5.84. The lowest BCUT2D eigenvalue weighted by Gasteiger charge is -2.27. The minimum atomic E-state index is -0.593. The SMILES string of the molecule is C.Cc1ccc(C(C)(C)NC(=O)OCCOC(=O)NC(C)(C)c2ccc(C)c(C)c2)cc1C. The predicted octanol–water partition coefficient (Wildman–Crippen LogP) is 6.18. The Morgan fingerprint density at radius 3 is 1.30 bits per heavy atom. The average Bonchev–Trinajstić information content (AvgIpc) is 2.68. The smallest absolute Gasteiger partial charge is 0.407 e. The van der Waals surface area contributed by atoms with Crippen molar-refractivity contribution in [1.82, 2.24) is 10.6 Å². The third-order valence-electron chi connectivity index (χ3n) is 5.84. The van der Waals surface area contributed by atoms with Crippen molar-refractivity contribution in [2.45, 2.75) is 73.9 Å². The molecule has 0 bridgehead atoms. The highest BCUT2D eigenvalue weighted by Gasteiger charge is 2.25. The number of amides is 2. The predicted molar refractivity (Wildman–Crippen MR) is 134 cm³/mol. The van der Waals surface area contributed by atoms with Crippen LogP contribution in [0.3, 0.4) is 0 Å². The van der Waals surface area contributed by atoms with Gasteiger partial charge in [-0.15, -0.1) is 0 Å². The van der Waals surface area contributed by atoms with Crippen molar-refractivity contribution in [2.75, 3.05) is 13.2 Å². The standard InChI is InChI=1S/C26H36N2O4.CH4/c1-17-9-11-21(15-19(17)3)25(5,6)27-23(29)31-13-14-32-24(30)28-26(7,8)22-12-10-18(2)20(4)16-22;/h9-12,15-16H,13-14H2,1-8H3,(H,27,29)(H,28,30);1H4. The Kier molecular flexibility index (Phi) is 9.52. The lowest BCUT2D eigenvalue weighted by atomic mass is 9.92. The molecule has 0 aromatic heterocycles. The summed E-state index contributed by atoms with van der Waals surface area (Å²) in [5, 5.41) is 5.72. The molecule has 0 aliphatic rings. The number of alkyl carbamates (subject to hydrolysis) is 2. The van der Waals surface area contributed by atoms with Gasteiger partial charge in [0, 0.05) is 0 Å². The maximum atomic E-state index is 12.2. The number of carbonyl (C=O) groups is 2. The van der Waals surface area contributed by atoms with Crippen LogP contribution in [-0.2, 0) is 20.6 Å². The van der Waals surface area contributed by atoms with Crippen molar-refractivity contribution in [3.05, 3.63) is 69.8 Å². The molecule has 0 heterocycles. The molecule has 2 aromatic carbocycles. The molecule has 0 unspecified atom stereocenters. The van der Waals surface area contributed by atoms with Crippen molar-refractivity contribution in [1.29, 1.82) is 0 Å². The third kappa shape index (κ3) is 7.81. The van der Waals surface area contributed by atoms with Crippen LogP contribution in [-0.4, -0.2) is 25.4 Å². The Morgan fingerprint density at radius 1 is 0.667 bits per heavy atom. The molecule has 0 aliphatic heterocycles. The summed E-state index contributed by atoms with van der Waals surface area (Å²) >= 11 is 0. The highest BCUT2D eigenvalue weighted by atomic mass is 16.6. The lowest BCUT2D eigenvalue weighted by Crippen LogP contribution is -2.42.